The molecule has 0 aromatic rings. The van der Waals surface area contributed by atoms with E-state index in [1.807, 2.05) is 0 Å². The maximum Gasteiger partial charge on any atom is -1.00 e. The van der Waals surface area contributed by atoms with Crippen LogP contribution in [0.3, 0.4) is 0 Å². The molecule has 0 saturated carbocycles. The fourth-order valence-electron chi connectivity index (χ4n) is 1.72. The van der Waals surface area contributed by atoms with Crippen molar-refractivity contribution in [2.75, 3.05) is 0 Å². The van der Waals surface area contributed by atoms with E-state index in [9.17, 15) is 0 Å². The van der Waals surface area contributed by atoms with E-state index in [2.05, 4.69) is 27.7 Å². The van der Waals surface area contributed by atoms with Crippen LogP contribution >= 0.6 is 17.8 Å². The van der Waals surface area contributed by atoms with Crippen LogP contribution < -0.4 is 34.0 Å². The van der Waals surface area contributed by atoms with E-state index in [0.29, 0.717) is 0 Å². The van der Waals surface area contributed by atoms with E-state index in [-0.39, 0.29) is 55.1 Å². The van der Waals surface area contributed by atoms with Gasteiger partial charge in [-0.25, -0.2) is 0 Å². The minimum Gasteiger partial charge on any atom is -1.00 e. The summed E-state index contributed by atoms with van der Waals surface area (Å²) < 4.78 is 5.54. The first-order valence-electron chi connectivity index (χ1n) is 8.62. The Morgan fingerprint density at radius 2 is 0.955 bits per heavy atom. The number of hydrogen-bond donors (Lipinski definition) is 0. The van der Waals surface area contributed by atoms with E-state index in [1.165, 1.54) is 51.4 Å². The Morgan fingerprint density at radius 1 is 0.636 bits per heavy atom. The van der Waals surface area contributed by atoms with Crippen LogP contribution in [-0.4, -0.2) is 37.3 Å². The standard InChI is InChI=1S/4C4H9.2BrH.2ClH.2Sn/c4*1-3-4-2;;;;;;/h4*1,3-4H2,2H3;4*1H;;/q;;;;;;;;2*+2/p-4. The summed E-state index contributed by atoms with van der Waals surface area (Å²) in [6, 6.07) is 0. The Bertz CT molecular complexity index is 170. The summed E-state index contributed by atoms with van der Waals surface area (Å²) in [5, 5.41) is 0. The molecule has 0 aromatic heterocycles. The first kappa shape index (κ1) is 32.8. The van der Waals surface area contributed by atoms with Crippen LogP contribution in [-0.2, 0) is 0 Å². The molecule has 0 atom stereocenters. The predicted molar refractivity (Wildman–Crippen MR) is 102 cm³/mol. The van der Waals surface area contributed by atoms with Gasteiger partial charge in [0.15, 0.2) is 0 Å². The third-order valence-corrected chi connectivity index (χ3v) is 18.5. The Morgan fingerprint density at radius 3 is 1.23 bits per heavy atom. The maximum absolute atomic E-state index is 6.27. The minimum atomic E-state index is -2.49. The van der Waals surface area contributed by atoms with Gasteiger partial charge in [-0.3, -0.25) is 0 Å². The van der Waals surface area contributed by atoms with E-state index in [0.717, 1.165) is 8.87 Å². The van der Waals surface area contributed by atoms with Crippen molar-refractivity contribution in [2.45, 2.75) is 96.8 Å². The molecule has 0 aliphatic heterocycles. The molecule has 0 fully saturated rings. The maximum atomic E-state index is 6.27. The second kappa shape index (κ2) is 26.4. The largest absolute Gasteiger partial charge is 1.00 e. The molecule has 6 heteroatoms. The van der Waals surface area contributed by atoms with E-state index in [4.69, 9.17) is 17.8 Å². The normalized spacial score (nSPS) is 9.73. The van der Waals surface area contributed by atoms with Gasteiger partial charge in [-0.1, -0.05) is 0 Å². The molecule has 0 aliphatic rings. The van der Waals surface area contributed by atoms with Crippen LogP contribution in [0.15, 0.2) is 0 Å². The molecule has 136 valence electrons. The molecule has 0 nitrogen and oxygen atoms in total. The van der Waals surface area contributed by atoms with Crippen molar-refractivity contribution in [1.82, 2.24) is 0 Å². The van der Waals surface area contributed by atoms with Gasteiger partial charge in [0.05, 0.1) is 0 Å². The van der Waals surface area contributed by atoms with Gasteiger partial charge in [0.2, 0.25) is 0 Å². The zero-order valence-corrected chi connectivity index (χ0v) is 25.4. The molecule has 0 saturated heterocycles. The van der Waals surface area contributed by atoms with E-state index >= 15 is 0 Å². The van der Waals surface area contributed by atoms with Crippen LogP contribution in [0.5, 0.6) is 0 Å². The molecule has 0 spiro atoms. The van der Waals surface area contributed by atoms with Crippen LogP contribution in [0, 0.1) is 0 Å². The van der Waals surface area contributed by atoms with E-state index in [1.54, 1.807) is 8.87 Å². The summed E-state index contributed by atoms with van der Waals surface area (Å²) in [6.45, 7) is 8.96. The van der Waals surface area contributed by atoms with Crippen molar-refractivity contribution < 1.29 is 34.0 Å². The fourth-order valence-corrected chi connectivity index (χ4v) is 15.2. The Balaban J connectivity index is -0.000000137. The summed E-state index contributed by atoms with van der Waals surface area (Å²) in [5.41, 5.74) is 0. The Kier molecular flexibility index (Phi) is 39.3. The van der Waals surface area contributed by atoms with Gasteiger partial charge < -0.3 is 34.0 Å². The SMILES string of the molecule is CCC[CH2][Sn+2][CH2]CCC.CCC[CH2][Sn]([Cl])([Cl])[CH2]CCC.[Br-].[Br-]. The average Bonchev–Trinajstić information content (AvgIpc) is 2.44. The summed E-state index contributed by atoms with van der Waals surface area (Å²) in [4.78, 5) is 0. The molecule has 0 amide bonds. The molecule has 0 rings (SSSR count). The molecule has 0 N–H and O–H groups in total. The Labute approximate surface area is 183 Å². The first-order chi connectivity index (χ1) is 9.54. The third-order valence-electron chi connectivity index (χ3n) is 3.21. The zero-order valence-electron chi connectivity index (χ0n) is 15.0. The fraction of sp³-hybridized carbons (Fsp3) is 1.00. The average molecular weight is 697 g/mol. The van der Waals surface area contributed by atoms with E-state index < -0.39 is 16.1 Å². The summed E-state index contributed by atoms with van der Waals surface area (Å²) in [5.74, 6) is 0. The predicted octanol–water partition coefficient (Wildman–Crippen LogP) is 1.64. The molecular formula is C16H36Br2Cl2Sn2. The third kappa shape index (κ3) is 31.0. The zero-order chi connectivity index (χ0) is 15.7. The molecule has 0 unspecified atom stereocenters. The van der Waals surface area contributed by atoms with Gasteiger partial charge in [0.25, 0.3) is 0 Å². The van der Waals surface area contributed by atoms with Gasteiger partial charge in [0, 0.05) is 0 Å². The number of hydrogen-bond acceptors (Lipinski definition) is 0. The van der Waals surface area contributed by atoms with Crippen LogP contribution in [0.4, 0.5) is 0 Å². The molecule has 0 radical (unpaired) electrons. The molecular weight excluding hydrogens is 660 g/mol. The van der Waals surface area contributed by atoms with Gasteiger partial charge in [0.1, 0.15) is 0 Å². The van der Waals surface area contributed by atoms with Crippen molar-refractivity contribution in [3.63, 3.8) is 0 Å². The second-order valence-corrected chi connectivity index (χ2v) is 28.5. The molecule has 0 heterocycles. The van der Waals surface area contributed by atoms with Crippen molar-refractivity contribution >= 4 is 55.1 Å². The molecule has 0 bridgehead atoms. The summed E-state index contributed by atoms with van der Waals surface area (Å²) >= 11 is -2.34. The van der Waals surface area contributed by atoms with Crippen molar-refractivity contribution in [3.05, 3.63) is 0 Å². The quantitative estimate of drug-likeness (QED) is 0.215. The number of rotatable bonds is 12. The van der Waals surface area contributed by atoms with Crippen LogP contribution in [0.25, 0.3) is 0 Å². The molecule has 0 aromatic carbocycles. The summed E-state index contributed by atoms with van der Waals surface area (Å²) in [6.07, 6.45) is 10.7. The minimum absolute atomic E-state index is 0. The first-order valence-corrected chi connectivity index (χ1v) is 23.9. The number of halogens is 4. The number of unbranched alkanes of at least 4 members (excludes halogenated alkanes) is 4. The molecule has 0 aliphatic carbocycles. The van der Waals surface area contributed by atoms with Gasteiger partial charge in [-0.2, -0.15) is 0 Å². The Hall–Kier alpha value is 3.14. The monoisotopic (exact) mass is 696 g/mol. The summed E-state index contributed by atoms with van der Waals surface area (Å²) in [7, 11) is 12.5. The van der Waals surface area contributed by atoms with Crippen molar-refractivity contribution in [1.29, 1.82) is 0 Å². The second-order valence-electron chi connectivity index (χ2n) is 5.52. The van der Waals surface area contributed by atoms with Gasteiger partial charge in [-0.15, -0.1) is 0 Å². The van der Waals surface area contributed by atoms with Crippen molar-refractivity contribution in [2.24, 2.45) is 0 Å². The molecule has 22 heavy (non-hydrogen) atoms. The topological polar surface area (TPSA) is 0 Å². The van der Waals surface area contributed by atoms with Crippen molar-refractivity contribution in [3.8, 4) is 0 Å². The van der Waals surface area contributed by atoms with Crippen LogP contribution in [0.1, 0.15) is 79.1 Å². The smallest absolute Gasteiger partial charge is 1.00 e. The van der Waals surface area contributed by atoms with Crippen LogP contribution in [0.2, 0.25) is 17.7 Å². The van der Waals surface area contributed by atoms with Gasteiger partial charge in [-0.05, 0) is 0 Å². The van der Waals surface area contributed by atoms with Gasteiger partial charge >= 0.3 is 152 Å².